The second-order valence-electron chi connectivity index (χ2n) is 3.86. The van der Waals surface area contributed by atoms with Crippen LogP contribution in [0.3, 0.4) is 0 Å². The summed E-state index contributed by atoms with van der Waals surface area (Å²) in [4.78, 5) is 22.5. The maximum absolute atomic E-state index is 11.6. The lowest BCUT2D eigenvalue weighted by Gasteiger charge is -2.33. The molecule has 0 saturated carbocycles. The van der Waals surface area contributed by atoms with Gasteiger partial charge >= 0.3 is 8.80 Å². The van der Waals surface area contributed by atoms with Crippen molar-refractivity contribution in [2.75, 3.05) is 19.8 Å². The molecule has 0 radical (unpaired) electrons. The number of hydrogen-bond donors (Lipinski definition) is 2. The molecule has 112 valence electrons. The third-order valence-electron chi connectivity index (χ3n) is 2.49. The van der Waals surface area contributed by atoms with Crippen molar-refractivity contribution in [1.82, 2.24) is 0 Å². The van der Waals surface area contributed by atoms with E-state index < -0.39 is 26.2 Å². The molecule has 7 nitrogen and oxygen atoms in total. The Labute approximate surface area is 114 Å². The van der Waals surface area contributed by atoms with Gasteiger partial charge in [0.1, 0.15) is 5.54 Å². The van der Waals surface area contributed by atoms with Gasteiger partial charge in [-0.15, -0.1) is 0 Å². The van der Waals surface area contributed by atoms with Gasteiger partial charge in [0.2, 0.25) is 11.8 Å². The smallest absolute Gasteiger partial charge is 0.373 e. The van der Waals surface area contributed by atoms with Crippen molar-refractivity contribution in [3.8, 4) is 0 Å². The standard InChI is InChI=1S/C11H24N2O5Si/c1-4-16-19(17-5-2,18-6-3)9(11(13)15)7-8-10(12)14/h9H,4-8H2,1-3H3,(H2,12,14)(H2,13,15). The summed E-state index contributed by atoms with van der Waals surface area (Å²) in [7, 11) is -3.24. The molecule has 0 aromatic heterocycles. The molecule has 1 atom stereocenters. The number of nitrogens with two attached hydrogens (primary N) is 2. The van der Waals surface area contributed by atoms with Crippen molar-refractivity contribution in [3.05, 3.63) is 0 Å². The second kappa shape index (κ2) is 9.02. The van der Waals surface area contributed by atoms with Gasteiger partial charge in [0.25, 0.3) is 0 Å². The molecule has 0 bridgehead atoms. The highest BCUT2D eigenvalue weighted by molar-refractivity contribution is 6.66. The first-order valence-electron chi connectivity index (χ1n) is 6.42. The quantitative estimate of drug-likeness (QED) is 0.526. The predicted molar refractivity (Wildman–Crippen MR) is 72.0 cm³/mol. The van der Waals surface area contributed by atoms with E-state index in [1.165, 1.54) is 0 Å². The van der Waals surface area contributed by atoms with Crippen molar-refractivity contribution in [2.24, 2.45) is 11.5 Å². The van der Waals surface area contributed by atoms with Crippen LogP contribution in [-0.4, -0.2) is 40.4 Å². The number of primary amides is 2. The summed E-state index contributed by atoms with van der Waals surface area (Å²) < 4.78 is 16.8. The molecular weight excluding hydrogens is 268 g/mol. The zero-order valence-electron chi connectivity index (χ0n) is 11.8. The molecule has 0 aliphatic rings. The minimum absolute atomic E-state index is 0.0373. The largest absolute Gasteiger partial charge is 0.513 e. The summed E-state index contributed by atoms with van der Waals surface area (Å²) in [5.74, 6) is -1.10. The summed E-state index contributed by atoms with van der Waals surface area (Å²) in [5, 5.41) is 0. The minimum atomic E-state index is -3.24. The van der Waals surface area contributed by atoms with E-state index in [1.807, 2.05) is 0 Å². The highest BCUT2D eigenvalue weighted by atomic mass is 28.4. The van der Waals surface area contributed by atoms with Crippen LogP contribution in [0.4, 0.5) is 0 Å². The first kappa shape index (κ1) is 18.0. The zero-order chi connectivity index (χ0) is 14.9. The fourth-order valence-corrected chi connectivity index (χ4v) is 4.72. The minimum Gasteiger partial charge on any atom is -0.373 e. The average Bonchev–Trinajstić information content (AvgIpc) is 2.29. The third kappa shape index (κ3) is 5.68. The molecule has 0 aliphatic heterocycles. The van der Waals surface area contributed by atoms with Crippen molar-refractivity contribution >= 4 is 20.6 Å². The van der Waals surface area contributed by atoms with Crippen molar-refractivity contribution < 1.29 is 22.9 Å². The van der Waals surface area contributed by atoms with Crippen molar-refractivity contribution in [1.29, 1.82) is 0 Å². The summed E-state index contributed by atoms with van der Waals surface area (Å²) in [6, 6.07) is 0. The van der Waals surface area contributed by atoms with Crippen LogP contribution in [-0.2, 0) is 22.9 Å². The lowest BCUT2D eigenvalue weighted by Crippen LogP contribution is -2.54. The summed E-state index contributed by atoms with van der Waals surface area (Å²) >= 11 is 0. The molecule has 0 saturated heterocycles. The third-order valence-corrected chi connectivity index (χ3v) is 5.99. The predicted octanol–water partition coefficient (Wildman–Crippen LogP) is 0.156. The van der Waals surface area contributed by atoms with E-state index in [4.69, 9.17) is 24.7 Å². The normalized spacial score (nSPS) is 13.2. The Hall–Kier alpha value is -0.963. The number of amides is 2. The Balaban J connectivity index is 5.18. The molecule has 0 aromatic rings. The second-order valence-corrected chi connectivity index (χ2v) is 6.63. The topological polar surface area (TPSA) is 114 Å². The molecule has 0 fully saturated rings. The van der Waals surface area contributed by atoms with Crippen LogP contribution in [0.5, 0.6) is 0 Å². The van der Waals surface area contributed by atoms with E-state index in [2.05, 4.69) is 0 Å². The fourth-order valence-electron chi connectivity index (χ4n) is 1.81. The monoisotopic (exact) mass is 292 g/mol. The summed E-state index contributed by atoms with van der Waals surface area (Å²) in [6.07, 6.45) is 0.215. The van der Waals surface area contributed by atoms with Crippen LogP contribution in [0.25, 0.3) is 0 Å². The maximum atomic E-state index is 11.6. The van der Waals surface area contributed by atoms with Crippen LogP contribution >= 0.6 is 0 Å². The first-order chi connectivity index (χ1) is 8.93. The Morgan fingerprint density at radius 1 is 1.00 bits per heavy atom. The van der Waals surface area contributed by atoms with Gasteiger partial charge < -0.3 is 24.7 Å². The van der Waals surface area contributed by atoms with E-state index in [9.17, 15) is 9.59 Å². The molecule has 4 N–H and O–H groups in total. The fraction of sp³-hybridized carbons (Fsp3) is 0.818. The maximum Gasteiger partial charge on any atom is 0.513 e. The molecule has 2 amide bonds. The van der Waals surface area contributed by atoms with Crippen LogP contribution < -0.4 is 11.5 Å². The van der Waals surface area contributed by atoms with Crippen molar-refractivity contribution in [3.63, 3.8) is 0 Å². The van der Waals surface area contributed by atoms with Gasteiger partial charge in [-0.05, 0) is 27.2 Å². The summed E-state index contributed by atoms with van der Waals surface area (Å²) in [5.41, 5.74) is 9.75. The molecule has 19 heavy (non-hydrogen) atoms. The van der Waals surface area contributed by atoms with Crippen LogP contribution in [0.15, 0.2) is 0 Å². The Morgan fingerprint density at radius 3 is 1.68 bits per heavy atom. The molecule has 0 aliphatic carbocycles. The van der Waals surface area contributed by atoms with E-state index in [1.54, 1.807) is 20.8 Å². The van der Waals surface area contributed by atoms with Gasteiger partial charge in [0, 0.05) is 26.2 Å². The van der Waals surface area contributed by atoms with Gasteiger partial charge in [0.15, 0.2) is 0 Å². The number of carbonyl (C=O) groups excluding carboxylic acids is 2. The SMILES string of the molecule is CCO[Si](OCC)(OCC)C(CCC(N)=O)C(N)=O. The van der Waals surface area contributed by atoms with Gasteiger partial charge in [-0.1, -0.05) is 0 Å². The van der Waals surface area contributed by atoms with Gasteiger partial charge in [-0.2, -0.15) is 0 Å². The average molecular weight is 292 g/mol. The number of carbonyl (C=O) groups is 2. The molecule has 0 rings (SSSR count). The van der Waals surface area contributed by atoms with E-state index in [0.717, 1.165) is 0 Å². The van der Waals surface area contributed by atoms with Gasteiger partial charge in [-0.3, -0.25) is 9.59 Å². The summed E-state index contributed by atoms with van der Waals surface area (Å²) in [6.45, 7) is 6.37. The zero-order valence-corrected chi connectivity index (χ0v) is 12.8. The van der Waals surface area contributed by atoms with Crippen LogP contribution in [0, 0.1) is 0 Å². The van der Waals surface area contributed by atoms with Crippen LogP contribution in [0.2, 0.25) is 5.54 Å². The highest BCUT2D eigenvalue weighted by Gasteiger charge is 2.52. The van der Waals surface area contributed by atoms with E-state index in [0.29, 0.717) is 19.8 Å². The van der Waals surface area contributed by atoms with E-state index in [-0.39, 0.29) is 12.8 Å². The Kier molecular flexibility index (Phi) is 8.57. The number of rotatable bonds is 11. The Morgan fingerprint density at radius 2 is 1.42 bits per heavy atom. The lowest BCUT2D eigenvalue weighted by molar-refractivity contribution is -0.120. The Bertz CT molecular complexity index is 284. The highest BCUT2D eigenvalue weighted by Crippen LogP contribution is 2.30. The molecule has 0 aromatic carbocycles. The number of hydrogen-bond acceptors (Lipinski definition) is 5. The van der Waals surface area contributed by atoms with E-state index >= 15 is 0 Å². The molecule has 0 heterocycles. The van der Waals surface area contributed by atoms with Crippen LogP contribution in [0.1, 0.15) is 33.6 Å². The molecule has 1 unspecified atom stereocenters. The first-order valence-corrected chi connectivity index (χ1v) is 8.23. The lowest BCUT2D eigenvalue weighted by atomic mass is 10.2. The molecular formula is C11H24N2O5Si. The molecule has 8 heteroatoms. The van der Waals surface area contributed by atoms with Gasteiger partial charge in [-0.25, -0.2) is 0 Å². The van der Waals surface area contributed by atoms with Gasteiger partial charge in [0.05, 0.1) is 0 Å². The molecule has 0 spiro atoms. The van der Waals surface area contributed by atoms with Crippen molar-refractivity contribution in [2.45, 2.75) is 39.2 Å².